The van der Waals surface area contributed by atoms with Crippen LogP contribution in [0.3, 0.4) is 0 Å². The highest BCUT2D eigenvalue weighted by Crippen LogP contribution is 2.38. The van der Waals surface area contributed by atoms with Gasteiger partial charge in [0.05, 0.1) is 12.1 Å². The van der Waals surface area contributed by atoms with Crippen molar-refractivity contribution in [2.75, 3.05) is 27.2 Å². The molecule has 1 aliphatic heterocycles. The van der Waals surface area contributed by atoms with Crippen LogP contribution in [0.4, 0.5) is 0 Å². The van der Waals surface area contributed by atoms with Gasteiger partial charge in [-0.15, -0.1) is 0 Å². The number of phenolic OH excluding ortho intramolecular Hbond substituents is 1. The molecular formula is C16H23ClN2O3. The van der Waals surface area contributed by atoms with Crippen molar-refractivity contribution in [1.29, 1.82) is 0 Å². The summed E-state index contributed by atoms with van der Waals surface area (Å²) in [6.07, 6.45) is 2.79. The third-order valence-corrected chi connectivity index (χ3v) is 4.55. The molecule has 1 aromatic carbocycles. The Morgan fingerprint density at radius 3 is 2.86 bits per heavy atom. The molecule has 0 aromatic heterocycles. The van der Waals surface area contributed by atoms with Gasteiger partial charge in [0, 0.05) is 12.6 Å². The van der Waals surface area contributed by atoms with E-state index in [9.17, 15) is 9.90 Å². The van der Waals surface area contributed by atoms with Gasteiger partial charge < -0.3 is 20.1 Å². The summed E-state index contributed by atoms with van der Waals surface area (Å²) >= 11 is 6.16. The molecular weight excluding hydrogens is 304 g/mol. The molecule has 0 radical (unpaired) electrons. The van der Waals surface area contributed by atoms with Crippen molar-refractivity contribution in [3.05, 3.63) is 22.2 Å². The van der Waals surface area contributed by atoms with Gasteiger partial charge in [0.25, 0.3) is 5.91 Å². The Kier molecular flexibility index (Phi) is 5.53. The average molecular weight is 327 g/mol. The maximum atomic E-state index is 12.5. The minimum atomic E-state index is -0.355. The SMILES string of the molecule is CCc1cc(Cl)c(OC)c(C(=O)NC[C@H]2CCCN2C)c1O. The normalized spacial score (nSPS) is 18.5. The van der Waals surface area contributed by atoms with Gasteiger partial charge in [-0.3, -0.25) is 4.79 Å². The summed E-state index contributed by atoms with van der Waals surface area (Å²) in [6, 6.07) is 1.97. The third kappa shape index (κ3) is 3.31. The van der Waals surface area contributed by atoms with Gasteiger partial charge in [0.15, 0.2) is 5.75 Å². The maximum Gasteiger partial charge on any atom is 0.258 e. The standard InChI is InChI=1S/C16H23ClN2O3/c1-4-10-8-12(17)15(22-3)13(14(10)20)16(21)18-9-11-6-5-7-19(11)2/h8,11,20H,4-7,9H2,1-3H3,(H,18,21)/t11-/m1/s1. The van der Waals surface area contributed by atoms with Crippen LogP contribution in [0.1, 0.15) is 35.7 Å². The lowest BCUT2D eigenvalue weighted by Crippen LogP contribution is -2.38. The van der Waals surface area contributed by atoms with Crippen LogP contribution < -0.4 is 10.1 Å². The van der Waals surface area contributed by atoms with Gasteiger partial charge in [0.1, 0.15) is 11.3 Å². The van der Waals surface area contributed by atoms with Crippen molar-refractivity contribution < 1.29 is 14.6 Å². The lowest BCUT2D eigenvalue weighted by atomic mass is 10.0. The molecule has 5 nitrogen and oxygen atoms in total. The quantitative estimate of drug-likeness (QED) is 0.872. The molecule has 1 atom stereocenters. The first-order valence-electron chi connectivity index (χ1n) is 7.56. The molecule has 0 spiro atoms. The zero-order valence-corrected chi connectivity index (χ0v) is 14.0. The zero-order valence-electron chi connectivity index (χ0n) is 13.3. The van der Waals surface area contributed by atoms with Gasteiger partial charge in [-0.2, -0.15) is 0 Å². The van der Waals surface area contributed by atoms with Crippen LogP contribution in [0.25, 0.3) is 0 Å². The van der Waals surface area contributed by atoms with Crippen LogP contribution in [-0.2, 0) is 6.42 Å². The Labute approximate surface area is 136 Å². The number of likely N-dealkylation sites (tertiary alicyclic amines) is 1. The van der Waals surface area contributed by atoms with E-state index in [0.717, 1.165) is 19.4 Å². The molecule has 0 unspecified atom stereocenters. The highest BCUT2D eigenvalue weighted by molar-refractivity contribution is 6.33. The number of hydrogen-bond donors (Lipinski definition) is 2. The molecule has 122 valence electrons. The Balaban J connectivity index is 2.22. The number of benzene rings is 1. The molecule has 0 bridgehead atoms. The number of aryl methyl sites for hydroxylation is 1. The molecule has 1 aromatic rings. The number of nitrogens with one attached hydrogen (secondary N) is 1. The lowest BCUT2D eigenvalue weighted by Gasteiger charge is -2.20. The number of amides is 1. The Hall–Kier alpha value is -1.46. The summed E-state index contributed by atoms with van der Waals surface area (Å²) in [5, 5.41) is 13.5. The van der Waals surface area contributed by atoms with Crippen molar-refractivity contribution in [3.63, 3.8) is 0 Å². The molecule has 1 fully saturated rings. The van der Waals surface area contributed by atoms with E-state index in [4.69, 9.17) is 16.3 Å². The van der Waals surface area contributed by atoms with E-state index in [1.807, 2.05) is 6.92 Å². The average Bonchev–Trinajstić information content (AvgIpc) is 2.91. The molecule has 6 heteroatoms. The fraction of sp³-hybridized carbons (Fsp3) is 0.562. The lowest BCUT2D eigenvalue weighted by molar-refractivity contribution is 0.0937. The molecule has 22 heavy (non-hydrogen) atoms. The number of halogens is 1. The molecule has 0 aliphatic carbocycles. The van der Waals surface area contributed by atoms with E-state index >= 15 is 0 Å². The summed E-state index contributed by atoms with van der Waals surface area (Å²) in [4.78, 5) is 14.7. The predicted molar refractivity (Wildman–Crippen MR) is 87.0 cm³/mol. The number of phenols is 1. The predicted octanol–water partition coefficient (Wildman–Crippen LogP) is 2.44. The van der Waals surface area contributed by atoms with E-state index in [0.29, 0.717) is 29.6 Å². The molecule has 1 heterocycles. The Morgan fingerprint density at radius 2 is 2.32 bits per heavy atom. The number of rotatable bonds is 5. The second kappa shape index (κ2) is 7.20. The summed E-state index contributed by atoms with van der Waals surface area (Å²) in [5.41, 5.74) is 0.751. The van der Waals surface area contributed by atoms with Crippen molar-refractivity contribution in [2.45, 2.75) is 32.2 Å². The van der Waals surface area contributed by atoms with Gasteiger partial charge in [-0.25, -0.2) is 0 Å². The number of aromatic hydroxyl groups is 1. The minimum absolute atomic E-state index is 0.0546. The monoisotopic (exact) mass is 326 g/mol. The van der Waals surface area contributed by atoms with Crippen LogP contribution >= 0.6 is 11.6 Å². The number of ether oxygens (including phenoxy) is 1. The van der Waals surface area contributed by atoms with Crippen molar-refractivity contribution in [2.24, 2.45) is 0 Å². The summed E-state index contributed by atoms with van der Waals surface area (Å²) in [7, 11) is 3.49. The van der Waals surface area contributed by atoms with E-state index in [1.165, 1.54) is 7.11 Å². The molecule has 0 saturated carbocycles. The largest absolute Gasteiger partial charge is 0.507 e. The molecule has 1 aliphatic rings. The molecule has 2 rings (SSSR count). The first kappa shape index (κ1) is 16.9. The van der Waals surface area contributed by atoms with Crippen LogP contribution in [0, 0.1) is 0 Å². The van der Waals surface area contributed by atoms with Crippen molar-refractivity contribution in [1.82, 2.24) is 10.2 Å². The van der Waals surface area contributed by atoms with Crippen LogP contribution in [-0.4, -0.2) is 49.2 Å². The van der Waals surface area contributed by atoms with Crippen LogP contribution in [0.15, 0.2) is 6.07 Å². The minimum Gasteiger partial charge on any atom is -0.507 e. The number of nitrogens with zero attached hydrogens (tertiary/aromatic N) is 1. The van der Waals surface area contributed by atoms with E-state index in [-0.39, 0.29) is 23.0 Å². The maximum absolute atomic E-state index is 12.5. The number of hydrogen-bond acceptors (Lipinski definition) is 4. The molecule has 1 saturated heterocycles. The number of methoxy groups -OCH3 is 1. The Bertz CT molecular complexity index is 563. The fourth-order valence-corrected chi connectivity index (χ4v) is 3.19. The Morgan fingerprint density at radius 1 is 1.59 bits per heavy atom. The van der Waals surface area contributed by atoms with Gasteiger partial charge in [-0.05, 0) is 44.5 Å². The smallest absolute Gasteiger partial charge is 0.258 e. The van der Waals surface area contributed by atoms with E-state index in [1.54, 1.807) is 6.07 Å². The topological polar surface area (TPSA) is 61.8 Å². The summed E-state index contributed by atoms with van der Waals surface area (Å²) < 4.78 is 5.21. The first-order valence-corrected chi connectivity index (χ1v) is 7.94. The van der Waals surface area contributed by atoms with Gasteiger partial charge >= 0.3 is 0 Å². The first-order chi connectivity index (χ1) is 10.5. The molecule has 1 amide bonds. The molecule has 2 N–H and O–H groups in total. The van der Waals surface area contributed by atoms with E-state index in [2.05, 4.69) is 17.3 Å². The highest BCUT2D eigenvalue weighted by atomic mass is 35.5. The second-order valence-corrected chi connectivity index (χ2v) is 6.02. The fourth-order valence-electron chi connectivity index (χ4n) is 2.89. The number of carbonyl (C=O) groups excluding carboxylic acids is 1. The number of carbonyl (C=O) groups is 1. The number of likely N-dealkylation sites (N-methyl/N-ethyl adjacent to an activating group) is 1. The van der Waals surface area contributed by atoms with Crippen LogP contribution in [0.2, 0.25) is 5.02 Å². The van der Waals surface area contributed by atoms with Crippen LogP contribution in [0.5, 0.6) is 11.5 Å². The van der Waals surface area contributed by atoms with Crippen molar-refractivity contribution >= 4 is 17.5 Å². The highest BCUT2D eigenvalue weighted by Gasteiger charge is 2.25. The zero-order chi connectivity index (χ0) is 16.3. The summed E-state index contributed by atoms with van der Waals surface area (Å²) in [5.74, 6) is -0.193. The van der Waals surface area contributed by atoms with Gasteiger partial charge in [0.2, 0.25) is 0 Å². The third-order valence-electron chi connectivity index (χ3n) is 4.27. The summed E-state index contributed by atoms with van der Waals surface area (Å²) in [6.45, 7) is 3.49. The van der Waals surface area contributed by atoms with Gasteiger partial charge in [-0.1, -0.05) is 18.5 Å². The van der Waals surface area contributed by atoms with E-state index < -0.39 is 0 Å². The van der Waals surface area contributed by atoms with Crippen molar-refractivity contribution in [3.8, 4) is 11.5 Å². The second-order valence-electron chi connectivity index (χ2n) is 5.61.